The van der Waals surface area contributed by atoms with Crippen molar-refractivity contribution in [3.05, 3.63) is 21.9 Å². The number of carbonyl (C=O) groups is 1. The minimum absolute atomic E-state index is 0.180. The van der Waals surface area contributed by atoms with Crippen LogP contribution in [0.15, 0.2) is 6.07 Å². The summed E-state index contributed by atoms with van der Waals surface area (Å²) in [4.78, 5) is 16.1. The fraction of sp³-hybridized carbons (Fsp3) is 0.444. The molecule has 2 rings (SSSR count). The highest BCUT2D eigenvalue weighted by atomic mass is 35.5. The third-order valence-electron chi connectivity index (χ3n) is 2.41. The van der Waals surface area contributed by atoms with Crippen molar-refractivity contribution >= 4 is 29.1 Å². The molecule has 0 saturated carbocycles. The maximum Gasteiger partial charge on any atom is 0.270 e. The second-order valence-electron chi connectivity index (χ2n) is 3.54. The fourth-order valence-electron chi connectivity index (χ4n) is 1.62. The largest absolute Gasteiger partial charge is 0.391 e. The van der Waals surface area contributed by atoms with Crippen LogP contribution >= 0.6 is 23.2 Å². The summed E-state index contributed by atoms with van der Waals surface area (Å²) in [7, 11) is 0. The molecule has 0 aliphatic carbocycles. The molecule has 2 N–H and O–H groups in total. The van der Waals surface area contributed by atoms with Crippen molar-refractivity contribution in [2.24, 2.45) is 0 Å². The number of amides is 1. The molecule has 0 bridgehead atoms. The minimum atomic E-state index is -0.421. The van der Waals surface area contributed by atoms with Gasteiger partial charge in [-0.15, -0.1) is 0 Å². The van der Waals surface area contributed by atoms with Crippen molar-refractivity contribution in [2.45, 2.75) is 12.5 Å². The van der Waals surface area contributed by atoms with Crippen molar-refractivity contribution in [3.8, 4) is 0 Å². The Kier molecular flexibility index (Phi) is 2.91. The molecule has 0 unspecified atom stereocenters. The van der Waals surface area contributed by atoms with Gasteiger partial charge in [0.15, 0.2) is 0 Å². The number of aromatic nitrogens is 1. The number of halogens is 2. The molecule has 1 saturated heterocycles. The predicted molar refractivity (Wildman–Crippen MR) is 57.3 cm³/mol. The number of β-amino-alcohol motifs (C(OH)–C–C–N with tert-alkyl or cyclic N) is 1. The number of H-pyrrole nitrogens is 1. The van der Waals surface area contributed by atoms with E-state index in [0.717, 1.165) is 0 Å². The summed E-state index contributed by atoms with van der Waals surface area (Å²) >= 11 is 11.4. The van der Waals surface area contributed by atoms with E-state index >= 15 is 0 Å². The van der Waals surface area contributed by atoms with Gasteiger partial charge in [-0.25, -0.2) is 0 Å². The maximum absolute atomic E-state index is 11.8. The lowest BCUT2D eigenvalue weighted by Crippen LogP contribution is -2.29. The summed E-state index contributed by atoms with van der Waals surface area (Å²) in [5, 5.41) is 9.90. The van der Waals surface area contributed by atoms with Gasteiger partial charge in [-0.3, -0.25) is 4.79 Å². The number of aliphatic hydroxyl groups is 1. The van der Waals surface area contributed by atoms with Crippen molar-refractivity contribution in [3.63, 3.8) is 0 Å². The highest BCUT2D eigenvalue weighted by Gasteiger charge is 2.26. The van der Waals surface area contributed by atoms with Crippen molar-refractivity contribution in [2.75, 3.05) is 13.1 Å². The average Bonchev–Trinajstić information content (AvgIpc) is 2.74. The lowest BCUT2D eigenvalue weighted by molar-refractivity contribution is 0.0760. The lowest BCUT2D eigenvalue weighted by atomic mass is 10.3. The first kappa shape index (κ1) is 10.8. The van der Waals surface area contributed by atoms with Crippen LogP contribution in [0.3, 0.4) is 0 Å². The zero-order valence-electron chi connectivity index (χ0n) is 7.83. The highest BCUT2D eigenvalue weighted by molar-refractivity contribution is 6.41. The Balaban J connectivity index is 2.14. The van der Waals surface area contributed by atoms with Gasteiger partial charge in [-0.05, 0) is 12.5 Å². The van der Waals surface area contributed by atoms with E-state index in [4.69, 9.17) is 23.2 Å². The lowest BCUT2D eigenvalue weighted by Gasteiger charge is -2.13. The van der Waals surface area contributed by atoms with Crippen molar-refractivity contribution in [1.82, 2.24) is 9.88 Å². The van der Waals surface area contributed by atoms with Crippen LogP contribution < -0.4 is 0 Å². The first-order chi connectivity index (χ1) is 7.08. The molecule has 82 valence electrons. The van der Waals surface area contributed by atoms with Gasteiger partial charge in [-0.1, -0.05) is 23.2 Å². The Morgan fingerprint density at radius 3 is 2.80 bits per heavy atom. The summed E-state index contributed by atoms with van der Waals surface area (Å²) in [5.74, 6) is -0.180. The first-order valence-corrected chi connectivity index (χ1v) is 5.35. The van der Waals surface area contributed by atoms with Crippen LogP contribution in [0.25, 0.3) is 0 Å². The van der Waals surface area contributed by atoms with Gasteiger partial charge in [0.2, 0.25) is 0 Å². The second kappa shape index (κ2) is 4.04. The zero-order valence-corrected chi connectivity index (χ0v) is 9.35. The number of nitrogens with one attached hydrogen (secondary N) is 1. The molecule has 1 fully saturated rings. The van der Waals surface area contributed by atoms with Crippen LogP contribution in [-0.2, 0) is 0 Å². The Hall–Kier alpha value is -0.710. The van der Waals surface area contributed by atoms with Crippen LogP contribution in [0.5, 0.6) is 0 Å². The second-order valence-corrected chi connectivity index (χ2v) is 4.32. The Morgan fingerprint density at radius 1 is 1.60 bits per heavy atom. The number of hydrogen-bond donors (Lipinski definition) is 2. The molecule has 1 aromatic heterocycles. The Morgan fingerprint density at radius 2 is 2.33 bits per heavy atom. The SMILES string of the molecule is O=C(c1cc(Cl)c(Cl)[nH]1)N1CC[C@@H](O)C1. The quantitative estimate of drug-likeness (QED) is 0.792. The van der Waals surface area contributed by atoms with Crippen LogP contribution in [0, 0.1) is 0 Å². The highest BCUT2D eigenvalue weighted by Crippen LogP contribution is 2.23. The van der Waals surface area contributed by atoms with E-state index in [9.17, 15) is 9.90 Å². The number of likely N-dealkylation sites (tertiary alicyclic amines) is 1. The van der Waals surface area contributed by atoms with Gasteiger partial charge >= 0.3 is 0 Å². The summed E-state index contributed by atoms with van der Waals surface area (Å²) in [6.07, 6.45) is 0.198. The number of carbonyl (C=O) groups excluding carboxylic acids is 1. The van der Waals surface area contributed by atoms with E-state index < -0.39 is 6.10 Å². The van der Waals surface area contributed by atoms with Gasteiger partial charge in [0.1, 0.15) is 10.8 Å². The van der Waals surface area contributed by atoms with Gasteiger partial charge < -0.3 is 15.0 Å². The third-order valence-corrected chi connectivity index (χ3v) is 3.10. The molecule has 6 heteroatoms. The third kappa shape index (κ3) is 2.12. The number of aromatic amines is 1. The zero-order chi connectivity index (χ0) is 11.0. The molecule has 15 heavy (non-hydrogen) atoms. The van der Waals surface area contributed by atoms with Gasteiger partial charge in [0, 0.05) is 13.1 Å². The molecule has 0 spiro atoms. The van der Waals surface area contributed by atoms with E-state index in [1.807, 2.05) is 0 Å². The molecule has 1 aromatic rings. The van der Waals surface area contributed by atoms with Gasteiger partial charge in [0.25, 0.3) is 5.91 Å². The van der Waals surface area contributed by atoms with Crippen molar-refractivity contribution in [1.29, 1.82) is 0 Å². The molecular weight excluding hydrogens is 239 g/mol. The van der Waals surface area contributed by atoms with Gasteiger partial charge in [-0.2, -0.15) is 0 Å². The summed E-state index contributed by atoms with van der Waals surface area (Å²) in [6, 6.07) is 1.50. The standard InChI is InChI=1S/C9H10Cl2N2O2/c10-6-3-7(12-8(6)11)9(15)13-2-1-5(14)4-13/h3,5,12,14H,1-2,4H2/t5-/m1/s1. The Bertz CT molecular complexity index is 372. The summed E-state index contributed by atoms with van der Waals surface area (Å²) in [5.41, 5.74) is 0.360. The fourth-order valence-corrected chi connectivity index (χ4v) is 1.93. The smallest absolute Gasteiger partial charge is 0.270 e. The summed E-state index contributed by atoms with van der Waals surface area (Å²) in [6.45, 7) is 0.932. The molecule has 4 nitrogen and oxygen atoms in total. The van der Waals surface area contributed by atoms with Crippen LogP contribution in [0.2, 0.25) is 10.2 Å². The molecular formula is C9H10Cl2N2O2. The topological polar surface area (TPSA) is 56.3 Å². The molecule has 1 amide bonds. The monoisotopic (exact) mass is 248 g/mol. The molecule has 0 aromatic carbocycles. The number of nitrogens with zero attached hydrogens (tertiary/aromatic N) is 1. The van der Waals surface area contributed by atoms with Crippen LogP contribution in [0.4, 0.5) is 0 Å². The molecule has 2 heterocycles. The van der Waals surface area contributed by atoms with E-state index in [-0.39, 0.29) is 11.1 Å². The van der Waals surface area contributed by atoms with Crippen LogP contribution in [0.1, 0.15) is 16.9 Å². The first-order valence-electron chi connectivity index (χ1n) is 4.59. The normalized spacial score (nSPS) is 21.0. The predicted octanol–water partition coefficient (Wildman–Crippen LogP) is 1.53. The molecule has 1 aliphatic heterocycles. The molecule has 0 radical (unpaired) electrons. The Labute approximate surface area is 96.8 Å². The minimum Gasteiger partial charge on any atom is -0.391 e. The maximum atomic E-state index is 11.8. The summed E-state index contributed by atoms with van der Waals surface area (Å²) < 4.78 is 0. The van der Waals surface area contributed by atoms with E-state index in [0.29, 0.717) is 30.2 Å². The van der Waals surface area contributed by atoms with Gasteiger partial charge in [0.05, 0.1) is 11.1 Å². The number of hydrogen-bond acceptors (Lipinski definition) is 2. The number of aliphatic hydroxyl groups excluding tert-OH is 1. The molecule has 1 aliphatic rings. The molecule has 1 atom stereocenters. The number of rotatable bonds is 1. The van der Waals surface area contributed by atoms with Crippen molar-refractivity contribution < 1.29 is 9.90 Å². The van der Waals surface area contributed by atoms with E-state index in [2.05, 4.69) is 4.98 Å². The van der Waals surface area contributed by atoms with E-state index in [1.54, 1.807) is 4.90 Å². The van der Waals surface area contributed by atoms with E-state index in [1.165, 1.54) is 6.07 Å². The average molecular weight is 249 g/mol. The van der Waals surface area contributed by atoms with Crippen LogP contribution in [-0.4, -0.2) is 40.1 Å².